The van der Waals surface area contributed by atoms with Crippen LogP contribution in [0.25, 0.3) is 0 Å². The predicted molar refractivity (Wildman–Crippen MR) is 157 cm³/mol. The van der Waals surface area contributed by atoms with Gasteiger partial charge in [0.1, 0.15) is 0 Å². The highest BCUT2D eigenvalue weighted by molar-refractivity contribution is 5.27. The van der Waals surface area contributed by atoms with Crippen molar-refractivity contribution in [2.75, 3.05) is 0 Å². The third-order valence-electron chi connectivity index (χ3n) is 16.7. The summed E-state index contributed by atoms with van der Waals surface area (Å²) >= 11 is 0. The standard InChI is InChI=1S/C38H60/c1-22(24-12-13-24)8-5-4-6-9-25-18-30(25)27-16-28(17-27)31-19-26(31)14-23-15-34-36-32-20-35(37(36,2)3)38(34,21-23)33-11-7-10-29(32)33/h22-36H,4-21H2,1-3H3. The monoisotopic (exact) mass is 516 g/mol. The van der Waals surface area contributed by atoms with Crippen molar-refractivity contribution in [2.45, 2.75) is 136 Å². The van der Waals surface area contributed by atoms with Crippen LogP contribution in [0.4, 0.5) is 0 Å². The number of rotatable bonds is 11. The van der Waals surface area contributed by atoms with Crippen molar-refractivity contribution in [3.63, 3.8) is 0 Å². The van der Waals surface area contributed by atoms with Gasteiger partial charge in [0.15, 0.2) is 0 Å². The first-order valence-corrected chi connectivity index (χ1v) is 18.4. The van der Waals surface area contributed by atoms with E-state index < -0.39 is 0 Å². The molecule has 3 bridgehead atoms. The molecule has 13 atom stereocenters. The molecular formula is C38H60. The zero-order chi connectivity index (χ0) is 25.4. The summed E-state index contributed by atoms with van der Waals surface area (Å²) in [5, 5.41) is 0. The van der Waals surface area contributed by atoms with Gasteiger partial charge in [0.25, 0.3) is 0 Å². The topological polar surface area (TPSA) is 0 Å². The van der Waals surface area contributed by atoms with Gasteiger partial charge in [0.2, 0.25) is 0 Å². The van der Waals surface area contributed by atoms with E-state index in [9.17, 15) is 0 Å². The Balaban J connectivity index is 0.726. The molecule has 13 unspecified atom stereocenters. The molecule has 0 aromatic heterocycles. The highest BCUT2D eigenvalue weighted by Crippen LogP contribution is 2.85. The third-order valence-corrected chi connectivity index (χ3v) is 16.7. The zero-order valence-corrected chi connectivity index (χ0v) is 25.4. The molecule has 9 fully saturated rings. The van der Waals surface area contributed by atoms with Crippen molar-refractivity contribution < 1.29 is 0 Å². The Morgan fingerprint density at radius 2 is 1.50 bits per heavy atom. The first kappa shape index (κ1) is 24.6. The average molecular weight is 517 g/mol. The summed E-state index contributed by atoms with van der Waals surface area (Å²) in [4.78, 5) is 0. The van der Waals surface area contributed by atoms with E-state index in [4.69, 9.17) is 0 Å². The normalized spacial score (nSPS) is 57.1. The summed E-state index contributed by atoms with van der Waals surface area (Å²) in [6, 6.07) is 0. The van der Waals surface area contributed by atoms with E-state index in [0.29, 0.717) is 5.41 Å². The Bertz CT molecular complexity index is 916. The maximum Gasteiger partial charge on any atom is -0.0199 e. The van der Waals surface area contributed by atoms with Crippen LogP contribution in [-0.2, 0) is 0 Å². The van der Waals surface area contributed by atoms with Crippen molar-refractivity contribution in [1.29, 1.82) is 0 Å². The Labute approximate surface area is 235 Å². The number of fused-ring (bicyclic) bond motifs is 3. The van der Waals surface area contributed by atoms with Crippen molar-refractivity contribution in [3.8, 4) is 0 Å². The summed E-state index contributed by atoms with van der Waals surface area (Å²) in [5.74, 6) is 17.2. The van der Waals surface area contributed by atoms with Gasteiger partial charge in [-0.2, -0.15) is 0 Å². The van der Waals surface area contributed by atoms with Gasteiger partial charge < -0.3 is 0 Å². The van der Waals surface area contributed by atoms with E-state index in [0.717, 1.165) is 64.6 Å². The summed E-state index contributed by atoms with van der Waals surface area (Å²) in [6.45, 7) is 7.97. The molecule has 0 nitrogen and oxygen atoms in total. The Morgan fingerprint density at radius 3 is 2.32 bits per heavy atom. The summed E-state index contributed by atoms with van der Waals surface area (Å²) in [5.41, 5.74) is 1.51. The van der Waals surface area contributed by atoms with Crippen LogP contribution in [0.3, 0.4) is 0 Å². The van der Waals surface area contributed by atoms with Gasteiger partial charge in [-0.15, -0.1) is 0 Å². The predicted octanol–water partition coefficient (Wildman–Crippen LogP) is 10.4. The molecule has 9 saturated carbocycles. The lowest BCUT2D eigenvalue weighted by Gasteiger charge is -2.56. The van der Waals surface area contributed by atoms with Crippen molar-refractivity contribution in [1.82, 2.24) is 0 Å². The minimum Gasteiger partial charge on any atom is -0.0622 e. The highest BCUT2D eigenvalue weighted by atomic mass is 14.8. The molecule has 0 aromatic rings. The van der Waals surface area contributed by atoms with Crippen molar-refractivity contribution >= 4 is 0 Å². The number of unbranched alkanes of at least 4 members (excludes halogenated alkanes) is 2. The molecule has 38 heavy (non-hydrogen) atoms. The van der Waals surface area contributed by atoms with Crippen LogP contribution >= 0.6 is 0 Å². The van der Waals surface area contributed by atoms with Gasteiger partial charge in [-0.3, -0.25) is 0 Å². The maximum atomic E-state index is 2.73. The van der Waals surface area contributed by atoms with E-state index in [1.165, 1.54) is 61.7 Å². The maximum absolute atomic E-state index is 2.73. The average Bonchev–Trinajstić information content (AvgIpc) is 3.81. The van der Waals surface area contributed by atoms with E-state index in [1.54, 1.807) is 83.5 Å². The fourth-order valence-corrected chi connectivity index (χ4v) is 15.0. The highest BCUT2D eigenvalue weighted by Gasteiger charge is 2.79. The molecule has 0 aliphatic heterocycles. The minimum absolute atomic E-state index is 0.684. The second-order valence-electron chi connectivity index (χ2n) is 18.5. The molecule has 9 aliphatic carbocycles. The molecule has 212 valence electrons. The molecule has 0 radical (unpaired) electrons. The van der Waals surface area contributed by atoms with E-state index >= 15 is 0 Å². The van der Waals surface area contributed by atoms with Crippen LogP contribution in [-0.4, -0.2) is 0 Å². The fraction of sp³-hybridized carbons (Fsp3) is 1.00. The van der Waals surface area contributed by atoms with E-state index in [1.807, 2.05) is 0 Å². The third kappa shape index (κ3) is 3.52. The van der Waals surface area contributed by atoms with Crippen LogP contribution in [0.2, 0.25) is 0 Å². The molecule has 9 aliphatic rings. The van der Waals surface area contributed by atoms with E-state index in [-0.39, 0.29) is 0 Å². The van der Waals surface area contributed by atoms with Crippen LogP contribution < -0.4 is 0 Å². The molecule has 0 spiro atoms. The van der Waals surface area contributed by atoms with Crippen LogP contribution in [0.1, 0.15) is 136 Å². The molecule has 0 aromatic carbocycles. The van der Waals surface area contributed by atoms with Gasteiger partial charge in [-0.25, -0.2) is 0 Å². The number of hydrogen-bond acceptors (Lipinski definition) is 0. The molecule has 0 heterocycles. The largest absolute Gasteiger partial charge is 0.0622 e. The van der Waals surface area contributed by atoms with Gasteiger partial charge in [-0.05, 0) is 177 Å². The first-order chi connectivity index (χ1) is 18.4. The lowest BCUT2D eigenvalue weighted by atomic mass is 9.48. The summed E-state index contributed by atoms with van der Waals surface area (Å²) in [6.07, 6.45) is 28.9. The lowest BCUT2D eigenvalue weighted by molar-refractivity contribution is -0.0880. The molecule has 0 amide bonds. The molecular weight excluding hydrogens is 456 g/mol. The second kappa shape index (κ2) is 8.52. The Hall–Kier alpha value is 0. The molecule has 0 saturated heterocycles. The van der Waals surface area contributed by atoms with Gasteiger partial charge >= 0.3 is 0 Å². The Morgan fingerprint density at radius 1 is 0.711 bits per heavy atom. The quantitative estimate of drug-likeness (QED) is 0.240. The van der Waals surface area contributed by atoms with Crippen LogP contribution in [0.5, 0.6) is 0 Å². The summed E-state index contributed by atoms with van der Waals surface area (Å²) < 4.78 is 0. The minimum atomic E-state index is 0.684. The van der Waals surface area contributed by atoms with Gasteiger partial charge in [0.05, 0.1) is 0 Å². The molecule has 9 rings (SSSR count). The second-order valence-corrected chi connectivity index (χ2v) is 18.5. The fourth-order valence-electron chi connectivity index (χ4n) is 15.0. The number of hydrogen-bond donors (Lipinski definition) is 0. The first-order valence-electron chi connectivity index (χ1n) is 18.4. The van der Waals surface area contributed by atoms with Crippen LogP contribution in [0, 0.1) is 99.6 Å². The van der Waals surface area contributed by atoms with Gasteiger partial charge in [0, 0.05) is 0 Å². The molecule has 0 heteroatoms. The smallest absolute Gasteiger partial charge is 0.0199 e. The van der Waals surface area contributed by atoms with Crippen molar-refractivity contribution in [3.05, 3.63) is 0 Å². The van der Waals surface area contributed by atoms with Crippen molar-refractivity contribution in [2.24, 2.45) is 99.6 Å². The van der Waals surface area contributed by atoms with E-state index in [2.05, 4.69) is 20.8 Å². The zero-order valence-electron chi connectivity index (χ0n) is 25.4. The Kier molecular flexibility index (Phi) is 5.52. The SMILES string of the molecule is CC(CCCCCC1CC1C1CC(C2CC2CC2CC3C4C5CC(C4(C)C)C3(C2)C2CCCC52)C1)C1CC1. The molecule has 0 N–H and O–H groups in total. The lowest BCUT2D eigenvalue weighted by Crippen LogP contribution is -2.51. The van der Waals surface area contributed by atoms with Crippen LogP contribution in [0.15, 0.2) is 0 Å². The summed E-state index contributed by atoms with van der Waals surface area (Å²) in [7, 11) is 0. The van der Waals surface area contributed by atoms with Gasteiger partial charge in [-0.1, -0.05) is 59.3 Å².